The van der Waals surface area contributed by atoms with Crippen molar-refractivity contribution in [1.82, 2.24) is 9.78 Å². The molecule has 0 radical (unpaired) electrons. The molecule has 2 aromatic rings. The van der Waals surface area contributed by atoms with Gasteiger partial charge in [0.15, 0.2) is 6.29 Å². The van der Waals surface area contributed by atoms with E-state index in [1.807, 2.05) is 37.3 Å². The third kappa shape index (κ3) is 2.84. The Labute approximate surface area is 124 Å². The van der Waals surface area contributed by atoms with Gasteiger partial charge < -0.3 is 4.74 Å². The van der Waals surface area contributed by atoms with Gasteiger partial charge in [-0.15, -0.1) is 0 Å². The average molecular weight is 284 g/mol. The maximum Gasteiger partial charge on any atom is 0.228 e. The number of aldehydes is 1. The summed E-state index contributed by atoms with van der Waals surface area (Å²) in [5, 5.41) is 4.48. The van der Waals surface area contributed by atoms with E-state index in [1.165, 1.54) is 19.3 Å². The topological polar surface area (TPSA) is 44.1 Å². The predicted octanol–water partition coefficient (Wildman–Crippen LogP) is 3.70. The summed E-state index contributed by atoms with van der Waals surface area (Å²) in [5.74, 6) is 0.584. The van der Waals surface area contributed by atoms with Crippen molar-refractivity contribution < 1.29 is 9.53 Å². The van der Waals surface area contributed by atoms with Crippen molar-refractivity contribution >= 4 is 6.29 Å². The molecular formula is C17H20N2O2. The standard InChI is InChI=1S/C17H20N2O2/c1-13-16(12-20)17(21-15-10-6-3-7-11-15)19(18-13)14-8-4-2-5-9-14/h2,4-5,8-9,12,15H,3,6-7,10-11H2,1H3. The highest BCUT2D eigenvalue weighted by atomic mass is 16.5. The van der Waals surface area contributed by atoms with Crippen LogP contribution in [-0.2, 0) is 0 Å². The Morgan fingerprint density at radius 1 is 1.19 bits per heavy atom. The van der Waals surface area contributed by atoms with Gasteiger partial charge in [0.25, 0.3) is 0 Å². The number of para-hydroxylation sites is 1. The van der Waals surface area contributed by atoms with E-state index in [-0.39, 0.29) is 6.10 Å². The third-order valence-electron chi connectivity index (χ3n) is 4.01. The van der Waals surface area contributed by atoms with E-state index >= 15 is 0 Å². The Morgan fingerprint density at radius 3 is 2.57 bits per heavy atom. The lowest BCUT2D eigenvalue weighted by Crippen LogP contribution is -2.21. The number of aryl methyl sites for hydroxylation is 1. The molecule has 1 fully saturated rings. The number of nitrogens with zero attached hydrogens (tertiary/aromatic N) is 2. The van der Waals surface area contributed by atoms with Crippen molar-refractivity contribution in [3.8, 4) is 11.6 Å². The number of rotatable bonds is 4. The molecule has 0 unspecified atom stereocenters. The van der Waals surface area contributed by atoms with Crippen LogP contribution in [0, 0.1) is 6.92 Å². The number of ether oxygens (including phenoxy) is 1. The minimum absolute atomic E-state index is 0.191. The van der Waals surface area contributed by atoms with Crippen LogP contribution in [-0.4, -0.2) is 22.2 Å². The Hall–Kier alpha value is -2.10. The van der Waals surface area contributed by atoms with Crippen LogP contribution >= 0.6 is 0 Å². The molecule has 4 heteroatoms. The van der Waals surface area contributed by atoms with Crippen LogP contribution in [0.1, 0.15) is 48.2 Å². The van der Waals surface area contributed by atoms with Gasteiger partial charge in [-0.25, -0.2) is 4.68 Å². The van der Waals surface area contributed by atoms with Crippen LogP contribution in [0.2, 0.25) is 0 Å². The number of aromatic nitrogens is 2. The fourth-order valence-electron chi connectivity index (χ4n) is 2.85. The van der Waals surface area contributed by atoms with E-state index in [0.717, 1.165) is 24.8 Å². The van der Waals surface area contributed by atoms with E-state index in [9.17, 15) is 4.79 Å². The number of hydrogen-bond acceptors (Lipinski definition) is 3. The van der Waals surface area contributed by atoms with E-state index < -0.39 is 0 Å². The first-order valence-electron chi connectivity index (χ1n) is 7.56. The number of benzene rings is 1. The second kappa shape index (κ2) is 6.12. The summed E-state index contributed by atoms with van der Waals surface area (Å²) in [6.45, 7) is 1.84. The molecule has 21 heavy (non-hydrogen) atoms. The van der Waals surface area contributed by atoms with Gasteiger partial charge in [-0.3, -0.25) is 4.79 Å². The lowest BCUT2D eigenvalue weighted by Gasteiger charge is -2.23. The summed E-state index contributed by atoms with van der Waals surface area (Å²) in [5.41, 5.74) is 2.18. The molecule has 1 saturated carbocycles. The molecule has 0 atom stereocenters. The minimum Gasteiger partial charge on any atom is -0.474 e. The van der Waals surface area contributed by atoms with Crippen molar-refractivity contribution in [3.05, 3.63) is 41.6 Å². The second-order valence-corrected chi connectivity index (χ2v) is 5.55. The Morgan fingerprint density at radius 2 is 1.90 bits per heavy atom. The van der Waals surface area contributed by atoms with E-state index in [2.05, 4.69) is 5.10 Å². The Kier molecular flexibility index (Phi) is 4.04. The van der Waals surface area contributed by atoms with Crippen LogP contribution in [0.15, 0.2) is 30.3 Å². The van der Waals surface area contributed by atoms with Crippen molar-refractivity contribution in [2.24, 2.45) is 0 Å². The van der Waals surface area contributed by atoms with Gasteiger partial charge in [-0.05, 0) is 44.7 Å². The quantitative estimate of drug-likeness (QED) is 0.804. The third-order valence-corrected chi connectivity index (χ3v) is 4.01. The van der Waals surface area contributed by atoms with Gasteiger partial charge in [-0.2, -0.15) is 5.10 Å². The van der Waals surface area contributed by atoms with Crippen LogP contribution in [0.5, 0.6) is 5.88 Å². The van der Waals surface area contributed by atoms with Gasteiger partial charge in [0.2, 0.25) is 5.88 Å². The van der Waals surface area contributed by atoms with Crippen molar-refractivity contribution in [2.45, 2.75) is 45.1 Å². The molecule has 0 aliphatic heterocycles. The molecule has 1 aromatic carbocycles. The van der Waals surface area contributed by atoms with E-state index in [0.29, 0.717) is 17.1 Å². The van der Waals surface area contributed by atoms with Crippen LogP contribution < -0.4 is 4.74 Å². The average Bonchev–Trinajstić information content (AvgIpc) is 2.85. The summed E-state index contributed by atoms with van der Waals surface area (Å²) in [6, 6.07) is 9.81. The highest BCUT2D eigenvalue weighted by Crippen LogP contribution is 2.29. The zero-order valence-electron chi connectivity index (χ0n) is 12.3. The summed E-state index contributed by atoms with van der Waals surface area (Å²) < 4.78 is 7.90. The minimum atomic E-state index is 0.191. The highest BCUT2D eigenvalue weighted by Gasteiger charge is 2.22. The first kappa shape index (κ1) is 13.9. The molecule has 0 bridgehead atoms. The summed E-state index contributed by atoms with van der Waals surface area (Å²) >= 11 is 0. The van der Waals surface area contributed by atoms with Gasteiger partial charge in [-0.1, -0.05) is 24.6 Å². The molecule has 0 N–H and O–H groups in total. The summed E-state index contributed by atoms with van der Waals surface area (Å²) in [6.07, 6.45) is 6.81. The van der Waals surface area contributed by atoms with Gasteiger partial charge in [0, 0.05) is 0 Å². The van der Waals surface area contributed by atoms with Crippen molar-refractivity contribution in [3.63, 3.8) is 0 Å². The molecule has 1 aliphatic rings. The molecule has 0 spiro atoms. The maximum atomic E-state index is 11.4. The highest BCUT2D eigenvalue weighted by molar-refractivity contribution is 5.80. The second-order valence-electron chi connectivity index (χ2n) is 5.55. The van der Waals surface area contributed by atoms with Gasteiger partial charge >= 0.3 is 0 Å². The lowest BCUT2D eigenvalue weighted by molar-refractivity contribution is 0.110. The Bertz CT molecular complexity index is 613. The molecule has 1 heterocycles. The zero-order valence-corrected chi connectivity index (χ0v) is 12.3. The largest absolute Gasteiger partial charge is 0.474 e. The van der Waals surface area contributed by atoms with Crippen LogP contribution in [0.4, 0.5) is 0 Å². The van der Waals surface area contributed by atoms with Gasteiger partial charge in [0.1, 0.15) is 6.10 Å². The number of carbonyl (C=O) groups excluding carboxylic acids is 1. The molecule has 1 aliphatic carbocycles. The zero-order chi connectivity index (χ0) is 14.7. The SMILES string of the molecule is Cc1nn(-c2ccccc2)c(OC2CCCCC2)c1C=O. The molecule has 4 nitrogen and oxygen atoms in total. The number of hydrogen-bond donors (Lipinski definition) is 0. The summed E-state index contributed by atoms with van der Waals surface area (Å²) in [7, 11) is 0. The first-order chi connectivity index (χ1) is 10.3. The van der Waals surface area contributed by atoms with Crippen LogP contribution in [0.25, 0.3) is 5.69 Å². The predicted molar refractivity (Wildman–Crippen MR) is 81.2 cm³/mol. The monoisotopic (exact) mass is 284 g/mol. The maximum absolute atomic E-state index is 11.4. The summed E-state index contributed by atoms with van der Waals surface area (Å²) in [4.78, 5) is 11.4. The lowest BCUT2D eigenvalue weighted by atomic mass is 9.98. The van der Waals surface area contributed by atoms with Crippen molar-refractivity contribution in [2.75, 3.05) is 0 Å². The fraction of sp³-hybridized carbons (Fsp3) is 0.412. The first-order valence-corrected chi connectivity index (χ1v) is 7.56. The molecule has 3 rings (SSSR count). The number of carbonyl (C=O) groups is 1. The fourth-order valence-corrected chi connectivity index (χ4v) is 2.85. The van der Waals surface area contributed by atoms with E-state index in [1.54, 1.807) is 4.68 Å². The molecule has 0 saturated heterocycles. The molecular weight excluding hydrogens is 264 g/mol. The van der Waals surface area contributed by atoms with E-state index in [4.69, 9.17) is 4.74 Å². The molecule has 0 amide bonds. The van der Waals surface area contributed by atoms with Crippen LogP contribution in [0.3, 0.4) is 0 Å². The normalized spacial score (nSPS) is 15.9. The van der Waals surface area contributed by atoms with Crippen molar-refractivity contribution in [1.29, 1.82) is 0 Å². The molecule has 1 aromatic heterocycles. The Balaban J connectivity index is 1.98. The van der Waals surface area contributed by atoms with Gasteiger partial charge in [0.05, 0.1) is 16.9 Å². The smallest absolute Gasteiger partial charge is 0.228 e. The molecule has 110 valence electrons.